The topological polar surface area (TPSA) is 256 Å². The van der Waals surface area contributed by atoms with E-state index >= 15 is 0 Å². The third kappa shape index (κ3) is 23.5. The molecular formula is C23H33NO13. The molecule has 0 aliphatic carbocycles. The van der Waals surface area contributed by atoms with Gasteiger partial charge in [-0.25, -0.2) is 0 Å². The minimum absolute atomic E-state index is 0.0771. The van der Waals surface area contributed by atoms with Gasteiger partial charge in [-0.3, -0.25) is 34.1 Å². The van der Waals surface area contributed by atoms with Gasteiger partial charge >= 0.3 is 35.8 Å². The lowest BCUT2D eigenvalue weighted by atomic mass is 9.93. The van der Waals surface area contributed by atoms with Crippen molar-refractivity contribution >= 4 is 35.8 Å². The second kappa shape index (κ2) is 20.2. The van der Waals surface area contributed by atoms with Gasteiger partial charge < -0.3 is 35.7 Å². The fraction of sp³-hybridized carbons (Fsp3) is 0.478. The van der Waals surface area contributed by atoms with E-state index in [1.54, 1.807) is 6.92 Å². The predicted molar refractivity (Wildman–Crippen MR) is 126 cm³/mol. The zero-order chi connectivity index (χ0) is 29.0. The van der Waals surface area contributed by atoms with E-state index in [1.807, 2.05) is 30.3 Å². The maximum Gasteiger partial charge on any atom is 0.323 e. The van der Waals surface area contributed by atoms with E-state index in [4.69, 9.17) is 35.7 Å². The fourth-order valence-electron chi connectivity index (χ4n) is 2.77. The van der Waals surface area contributed by atoms with Gasteiger partial charge in [0.25, 0.3) is 0 Å². The molecule has 0 bridgehead atoms. The summed E-state index contributed by atoms with van der Waals surface area (Å²) in [6.07, 6.45) is 0.112. The van der Waals surface area contributed by atoms with Gasteiger partial charge in [-0.1, -0.05) is 37.3 Å². The van der Waals surface area contributed by atoms with Crippen LogP contribution in [0.15, 0.2) is 30.3 Å². The van der Waals surface area contributed by atoms with E-state index in [9.17, 15) is 28.8 Å². The van der Waals surface area contributed by atoms with Crippen LogP contribution in [0.2, 0.25) is 0 Å². The highest BCUT2D eigenvalue weighted by Gasteiger charge is 2.17. The monoisotopic (exact) mass is 531 g/mol. The minimum Gasteiger partial charge on any atom is -0.481 e. The molecular weight excluding hydrogens is 498 g/mol. The molecule has 0 fully saturated rings. The van der Waals surface area contributed by atoms with Crippen molar-refractivity contribution in [1.29, 1.82) is 0 Å². The summed E-state index contributed by atoms with van der Waals surface area (Å²) in [6.45, 7) is 0.502. The molecule has 0 aliphatic heterocycles. The smallest absolute Gasteiger partial charge is 0.323 e. The van der Waals surface area contributed by atoms with Crippen molar-refractivity contribution in [3.63, 3.8) is 0 Å². The van der Waals surface area contributed by atoms with Crippen LogP contribution in [0.5, 0.6) is 0 Å². The average Bonchev–Trinajstić information content (AvgIpc) is 2.73. The molecule has 0 amide bonds. The molecule has 37 heavy (non-hydrogen) atoms. The zero-order valence-electron chi connectivity index (χ0n) is 20.1. The molecule has 208 valence electrons. The van der Waals surface area contributed by atoms with E-state index < -0.39 is 55.0 Å². The van der Waals surface area contributed by atoms with Gasteiger partial charge in [0.1, 0.15) is 6.04 Å². The molecule has 1 atom stereocenters. The van der Waals surface area contributed by atoms with Crippen molar-refractivity contribution < 1.29 is 64.5 Å². The van der Waals surface area contributed by atoms with E-state index in [2.05, 4.69) is 5.32 Å². The Kier molecular flexibility index (Phi) is 19.2. The Morgan fingerprint density at radius 1 is 0.703 bits per heavy atom. The molecule has 0 saturated heterocycles. The molecule has 14 nitrogen and oxygen atoms in total. The van der Waals surface area contributed by atoms with Gasteiger partial charge in [0, 0.05) is 25.7 Å². The summed E-state index contributed by atoms with van der Waals surface area (Å²) in [4.78, 5) is 61.2. The number of aliphatic hydroxyl groups is 1. The SMILES string of the molecule is CC(CC(=O)O)CC(=O)O.O=C(O)CC(CC(=O)O)Cc1ccccc1.O=C(O)CNC(CO)C(=O)O. The Balaban J connectivity index is 0. The van der Waals surface area contributed by atoms with Gasteiger partial charge in [0.15, 0.2) is 0 Å². The molecule has 0 radical (unpaired) electrons. The normalized spacial score (nSPS) is 10.8. The number of carbonyl (C=O) groups is 6. The second-order valence-corrected chi connectivity index (χ2v) is 7.90. The number of hydrogen-bond acceptors (Lipinski definition) is 8. The predicted octanol–water partition coefficient (Wildman–Crippen LogP) is 0.473. The van der Waals surface area contributed by atoms with Crippen LogP contribution < -0.4 is 5.32 Å². The Bertz CT molecular complexity index is 841. The summed E-state index contributed by atoms with van der Waals surface area (Å²) >= 11 is 0. The number of aliphatic carboxylic acids is 6. The Labute approximate surface area is 212 Å². The number of hydrogen-bond donors (Lipinski definition) is 8. The molecule has 0 spiro atoms. The fourth-order valence-corrected chi connectivity index (χ4v) is 2.77. The highest BCUT2D eigenvalue weighted by Crippen LogP contribution is 2.16. The standard InChI is InChI=1S/C12H14O4.C6H10O4.C5H9NO5/c13-11(14)7-10(8-12(15)16)6-9-4-2-1-3-5-9;1-4(2-5(7)8)3-6(9)10;7-2-3(5(10)11)6-1-4(8)9/h1-5,10H,6-8H2,(H,13,14)(H,15,16);4H,2-3H2,1H3,(H,7,8)(H,9,10);3,6-7H,1-2H2,(H,8,9)(H,10,11). The largest absolute Gasteiger partial charge is 0.481 e. The first-order valence-electron chi connectivity index (χ1n) is 10.9. The minimum atomic E-state index is -1.27. The van der Waals surface area contributed by atoms with Gasteiger partial charge in [0.2, 0.25) is 0 Å². The summed E-state index contributed by atoms with van der Waals surface area (Å²) < 4.78 is 0. The summed E-state index contributed by atoms with van der Waals surface area (Å²) in [5, 5.41) is 60.6. The number of nitrogens with one attached hydrogen (secondary N) is 1. The van der Waals surface area contributed by atoms with E-state index in [1.165, 1.54) is 0 Å². The van der Waals surface area contributed by atoms with Gasteiger partial charge in [-0.05, 0) is 23.8 Å². The van der Waals surface area contributed by atoms with Crippen LogP contribution >= 0.6 is 0 Å². The number of benzene rings is 1. The van der Waals surface area contributed by atoms with Crippen LogP contribution in [0.25, 0.3) is 0 Å². The Morgan fingerprint density at radius 2 is 1.14 bits per heavy atom. The van der Waals surface area contributed by atoms with Gasteiger partial charge in [-0.2, -0.15) is 0 Å². The Morgan fingerprint density at radius 3 is 1.46 bits per heavy atom. The zero-order valence-corrected chi connectivity index (χ0v) is 20.1. The molecule has 1 aromatic carbocycles. The number of carboxylic acid groups (broad SMARTS) is 6. The number of carboxylic acids is 6. The summed E-state index contributed by atoms with van der Waals surface area (Å²) in [5.74, 6) is -6.88. The number of aliphatic hydroxyl groups excluding tert-OH is 1. The van der Waals surface area contributed by atoms with Crippen molar-refractivity contribution in [3.8, 4) is 0 Å². The maximum absolute atomic E-state index is 10.6. The molecule has 0 aliphatic rings. The maximum atomic E-state index is 10.6. The summed E-state index contributed by atoms with van der Waals surface area (Å²) in [5.41, 5.74) is 0.968. The molecule has 14 heteroatoms. The highest BCUT2D eigenvalue weighted by molar-refractivity contribution is 5.75. The third-order valence-electron chi connectivity index (χ3n) is 4.32. The lowest BCUT2D eigenvalue weighted by Gasteiger charge is -2.12. The lowest BCUT2D eigenvalue weighted by molar-refractivity contribution is -0.143. The highest BCUT2D eigenvalue weighted by atomic mass is 16.4. The first-order valence-corrected chi connectivity index (χ1v) is 10.9. The van der Waals surface area contributed by atoms with Crippen LogP contribution in [0.4, 0.5) is 0 Å². The molecule has 1 rings (SSSR count). The molecule has 0 heterocycles. The molecule has 0 aromatic heterocycles. The van der Waals surface area contributed by atoms with E-state index in [0.29, 0.717) is 6.42 Å². The van der Waals surface area contributed by atoms with Gasteiger partial charge in [-0.15, -0.1) is 0 Å². The molecule has 1 aromatic rings. The van der Waals surface area contributed by atoms with Crippen LogP contribution in [0.3, 0.4) is 0 Å². The van der Waals surface area contributed by atoms with Gasteiger partial charge in [0.05, 0.1) is 13.2 Å². The average molecular weight is 532 g/mol. The first kappa shape index (κ1) is 35.1. The van der Waals surface area contributed by atoms with Crippen molar-refractivity contribution in [2.75, 3.05) is 13.2 Å². The van der Waals surface area contributed by atoms with Crippen molar-refractivity contribution in [1.82, 2.24) is 5.32 Å². The lowest BCUT2D eigenvalue weighted by Crippen LogP contribution is -2.42. The van der Waals surface area contributed by atoms with Crippen LogP contribution in [0.1, 0.15) is 38.2 Å². The molecule has 8 N–H and O–H groups in total. The van der Waals surface area contributed by atoms with E-state index in [-0.39, 0.29) is 37.5 Å². The quantitative estimate of drug-likeness (QED) is 0.153. The molecule has 1 unspecified atom stereocenters. The second-order valence-electron chi connectivity index (χ2n) is 7.90. The van der Waals surface area contributed by atoms with Crippen molar-refractivity contribution in [2.45, 2.75) is 45.1 Å². The summed E-state index contributed by atoms with van der Waals surface area (Å²) in [7, 11) is 0. The summed E-state index contributed by atoms with van der Waals surface area (Å²) in [6, 6.07) is 8.12. The van der Waals surface area contributed by atoms with Crippen LogP contribution in [0, 0.1) is 11.8 Å². The molecule has 0 saturated carbocycles. The van der Waals surface area contributed by atoms with Crippen molar-refractivity contribution in [2.24, 2.45) is 11.8 Å². The third-order valence-corrected chi connectivity index (χ3v) is 4.32. The van der Waals surface area contributed by atoms with Crippen LogP contribution in [-0.4, -0.2) is 90.8 Å². The Hall–Kier alpha value is -4.04. The number of rotatable bonds is 15. The van der Waals surface area contributed by atoms with E-state index in [0.717, 1.165) is 5.56 Å². The van der Waals surface area contributed by atoms with Crippen LogP contribution in [-0.2, 0) is 35.2 Å². The van der Waals surface area contributed by atoms with Crippen molar-refractivity contribution in [3.05, 3.63) is 35.9 Å². The first-order chi connectivity index (χ1) is 17.2.